The molecule has 0 saturated carbocycles. The van der Waals surface area contributed by atoms with Gasteiger partial charge in [0.15, 0.2) is 0 Å². The molecule has 82 valence electrons. The van der Waals surface area contributed by atoms with Crippen LogP contribution in [0.25, 0.3) is 0 Å². The van der Waals surface area contributed by atoms with Crippen LogP contribution in [0.2, 0.25) is 0 Å². The quantitative estimate of drug-likeness (QED) is 0.648. The van der Waals surface area contributed by atoms with E-state index >= 15 is 0 Å². The van der Waals surface area contributed by atoms with Gasteiger partial charge >= 0.3 is 6.03 Å². The second-order valence-electron chi connectivity index (χ2n) is 4.12. The first-order chi connectivity index (χ1) is 6.55. The van der Waals surface area contributed by atoms with E-state index in [1.54, 1.807) is 4.90 Å². The van der Waals surface area contributed by atoms with Crippen LogP contribution in [-0.4, -0.2) is 49.3 Å². The highest BCUT2D eigenvalue weighted by Crippen LogP contribution is 2.02. The van der Waals surface area contributed by atoms with Gasteiger partial charge in [0.05, 0.1) is 13.2 Å². The maximum atomic E-state index is 11.7. The van der Waals surface area contributed by atoms with E-state index in [0.717, 1.165) is 0 Å². The molecule has 1 rings (SSSR count). The third-order valence-electron chi connectivity index (χ3n) is 2.25. The smallest absolute Gasteiger partial charge is 0.318 e. The van der Waals surface area contributed by atoms with Gasteiger partial charge in [-0.2, -0.15) is 0 Å². The molecule has 5 heteroatoms. The number of hydrogen-bond acceptors (Lipinski definition) is 3. The Kier molecular flexibility index (Phi) is 3.71. The molecule has 0 aromatic rings. The lowest BCUT2D eigenvalue weighted by Gasteiger charge is -2.32. The fourth-order valence-corrected chi connectivity index (χ4v) is 1.19. The van der Waals surface area contributed by atoms with Gasteiger partial charge < -0.3 is 20.7 Å². The van der Waals surface area contributed by atoms with Gasteiger partial charge in [-0.15, -0.1) is 0 Å². The molecule has 14 heavy (non-hydrogen) atoms. The van der Waals surface area contributed by atoms with Crippen LogP contribution in [0.3, 0.4) is 0 Å². The summed E-state index contributed by atoms with van der Waals surface area (Å²) in [5, 5.41) is 2.88. The molecule has 1 saturated heterocycles. The molecule has 0 radical (unpaired) electrons. The highest BCUT2D eigenvalue weighted by molar-refractivity contribution is 5.75. The molecule has 1 fully saturated rings. The van der Waals surface area contributed by atoms with Crippen molar-refractivity contribution in [3.05, 3.63) is 0 Å². The van der Waals surface area contributed by atoms with Crippen molar-refractivity contribution in [1.82, 2.24) is 10.2 Å². The predicted molar refractivity (Wildman–Crippen MR) is 54.1 cm³/mol. The van der Waals surface area contributed by atoms with Gasteiger partial charge in [-0.05, 0) is 13.8 Å². The van der Waals surface area contributed by atoms with Crippen LogP contribution in [0.4, 0.5) is 4.79 Å². The first kappa shape index (κ1) is 11.3. The molecule has 0 unspecified atom stereocenters. The van der Waals surface area contributed by atoms with Crippen LogP contribution in [0.5, 0.6) is 0 Å². The molecule has 0 spiro atoms. The molecule has 0 atom stereocenters. The zero-order chi connectivity index (χ0) is 10.6. The monoisotopic (exact) mass is 201 g/mol. The van der Waals surface area contributed by atoms with Gasteiger partial charge in [0.2, 0.25) is 0 Å². The third kappa shape index (κ3) is 3.16. The van der Waals surface area contributed by atoms with Gasteiger partial charge in [0.25, 0.3) is 0 Å². The Hall–Kier alpha value is -0.810. The second-order valence-corrected chi connectivity index (χ2v) is 4.12. The minimum absolute atomic E-state index is 0.0521. The van der Waals surface area contributed by atoms with Crippen LogP contribution in [0, 0.1) is 0 Å². The number of carbonyl (C=O) groups excluding carboxylic acids is 1. The summed E-state index contributed by atoms with van der Waals surface area (Å²) in [6, 6.07) is -0.0521. The lowest BCUT2D eigenvalue weighted by molar-refractivity contribution is 0.0515. The highest BCUT2D eigenvalue weighted by Gasteiger charge is 2.23. The van der Waals surface area contributed by atoms with E-state index in [1.165, 1.54) is 0 Å². The van der Waals surface area contributed by atoms with E-state index in [9.17, 15) is 4.79 Å². The fourth-order valence-electron chi connectivity index (χ4n) is 1.19. The molecule has 1 aliphatic rings. The van der Waals surface area contributed by atoms with Crippen LogP contribution in [0.15, 0.2) is 0 Å². The summed E-state index contributed by atoms with van der Waals surface area (Å²) in [4.78, 5) is 13.4. The summed E-state index contributed by atoms with van der Waals surface area (Å²) < 4.78 is 5.16. The molecule has 1 heterocycles. The normalized spacial score (nSPS) is 18.1. The van der Waals surface area contributed by atoms with Crippen molar-refractivity contribution in [3.63, 3.8) is 0 Å². The van der Waals surface area contributed by atoms with Crippen molar-refractivity contribution in [1.29, 1.82) is 0 Å². The van der Waals surface area contributed by atoms with E-state index in [2.05, 4.69) is 5.32 Å². The summed E-state index contributed by atoms with van der Waals surface area (Å²) in [7, 11) is 0. The molecular weight excluding hydrogens is 182 g/mol. The zero-order valence-electron chi connectivity index (χ0n) is 8.88. The van der Waals surface area contributed by atoms with Crippen molar-refractivity contribution >= 4 is 6.03 Å². The number of urea groups is 1. The first-order valence-electron chi connectivity index (χ1n) is 4.90. The Morgan fingerprint density at radius 1 is 1.50 bits per heavy atom. The Labute approximate surface area is 84.6 Å². The largest absolute Gasteiger partial charge is 0.378 e. The van der Waals surface area contributed by atoms with Gasteiger partial charge in [-0.3, -0.25) is 0 Å². The number of ether oxygens (including phenoxy) is 1. The Bertz CT molecular complexity index is 200. The van der Waals surface area contributed by atoms with Crippen LogP contribution >= 0.6 is 0 Å². The maximum absolute atomic E-state index is 11.7. The van der Waals surface area contributed by atoms with Crippen LogP contribution < -0.4 is 11.1 Å². The summed E-state index contributed by atoms with van der Waals surface area (Å²) in [5.74, 6) is 0. The number of nitrogens with zero attached hydrogens (tertiary/aromatic N) is 1. The number of nitrogens with one attached hydrogen (secondary N) is 1. The minimum atomic E-state index is -0.338. The number of nitrogens with two attached hydrogens (primary N) is 1. The van der Waals surface area contributed by atoms with E-state index in [4.69, 9.17) is 10.5 Å². The molecule has 0 aromatic heterocycles. The lowest BCUT2D eigenvalue weighted by Crippen LogP contribution is -2.55. The van der Waals surface area contributed by atoms with Gasteiger partial charge in [-0.25, -0.2) is 4.79 Å². The molecule has 0 aromatic carbocycles. The number of hydrogen-bond donors (Lipinski definition) is 2. The minimum Gasteiger partial charge on any atom is -0.378 e. The number of rotatable bonds is 2. The number of carbonyl (C=O) groups is 1. The molecule has 2 amide bonds. The topological polar surface area (TPSA) is 67.6 Å². The fraction of sp³-hybridized carbons (Fsp3) is 0.889. The van der Waals surface area contributed by atoms with Crippen molar-refractivity contribution in [2.45, 2.75) is 19.4 Å². The number of amides is 2. The Balaban J connectivity index is 2.40. The lowest BCUT2D eigenvalue weighted by atomic mass is 10.1. The first-order valence-corrected chi connectivity index (χ1v) is 4.90. The predicted octanol–water partition coefficient (Wildman–Crippen LogP) is -0.234. The SMILES string of the molecule is CC(C)(CN)NC(=O)N1CCOCC1. The summed E-state index contributed by atoms with van der Waals surface area (Å²) in [5.41, 5.74) is 5.19. The van der Waals surface area contributed by atoms with E-state index in [-0.39, 0.29) is 11.6 Å². The average Bonchev–Trinajstić information content (AvgIpc) is 2.19. The molecule has 0 bridgehead atoms. The summed E-state index contributed by atoms with van der Waals surface area (Å²) in [6.45, 7) is 6.81. The molecule has 3 N–H and O–H groups in total. The molecule has 0 aliphatic carbocycles. The van der Waals surface area contributed by atoms with Gasteiger partial charge in [0, 0.05) is 25.2 Å². The Morgan fingerprint density at radius 2 is 2.07 bits per heavy atom. The standard InChI is InChI=1S/C9H19N3O2/c1-9(2,7-10)11-8(13)12-3-5-14-6-4-12/h3-7,10H2,1-2H3,(H,11,13). The second kappa shape index (κ2) is 4.61. The summed E-state index contributed by atoms with van der Waals surface area (Å²) >= 11 is 0. The van der Waals surface area contributed by atoms with E-state index in [0.29, 0.717) is 32.8 Å². The molecule has 5 nitrogen and oxygen atoms in total. The number of morpholine rings is 1. The summed E-state index contributed by atoms with van der Waals surface area (Å²) in [6.07, 6.45) is 0. The molecular formula is C9H19N3O2. The maximum Gasteiger partial charge on any atom is 0.318 e. The van der Waals surface area contributed by atoms with Crippen LogP contribution in [0.1, 0.15) is 13.8 Å². The molecule has 1 aliphatic heterocycles. The Morgan fingerprint density at radius 3 is 2.57 bits per heavy atom. The highest BCUT2D eigenvalue weighted by atomic mass is 16.5. The van der Waals surface area contributed by atoms with Crippen molar-refractivity contribution in [2.24, 2.45) is 5.73 Å². The van der Waals surface area contributed by atoms with Crippen molar-refractivity contribution in [2.75, 3.05) is 32.8 Å². The zero-order valence-corrected chi connectivity index (χ0v) is 8.88. The van der Waals surface area contributed by atoms with Crippen molar-refractivity contribution in [3.8, 4) is 0 Å². The third-order valence-corrected chi connectivity index (χ3v) is 2.25. The van der Waals surface area contributed by atoms with E-state index < -0.39 is 0 Å². The van der Waals surface area contributed by atoms with Crippen molar-refractivity contribution < 1.29 is 9.53 Å². The van der Waals surface area contributed by atoms with Crippen LogP contribution in [-0.2, 0) is 4.74 Å². The van der Waals surface area contributed by atoms with Gasteiger partial charge in [-0.1, -0.05) is 0 Å². The average molecular weight is 201 g/mol. The van der Waals surface area contributed by atoms with E-state index in [1.807, 2.05) is 13.8 Å². The van der Waals surface area contributed by atoms with Gasteiger partial charge in [0.1, 0.15) is 0 Å².